The van der Waals surface area contributed by atoms with Crippen molar-refractivity contribution in [3.63, 3.8) is 0 Å². The Labute approximate surface area is 90.6 Å². The lowest BCUT2D eigenvalue weighted by molar-refractivity contribution is 0.179. The summed E-state index contributed by atoms with van der Waals surface area (Å²) in [5.74, 6) is 0.861. The van der Waals surface area contributed by atoms with Gasteiger partial charge in [0, 0.05) is 11.6 Å². The monoisotopic (exact) mass is 254 g/mol. The van der Waals surface area contributed by atoms with Crippen molar-refractivity contribution in [3.05, 3.63) is 28.0 Å². The topological polar surface area (TPSA) is 37.9 Å². The minimum atomic E-state index is 0.519. The molecule has 0 bridgehead atoms. The Morgan fingerprint density at radius 3 is 3.00 bits per heavy atom. The van der Waals surface area contributed by atoms with E-state index in [0.29, 0.717) is 6.61 Å². The van der Waals surface area contributed by atoms with Gasteiger partial charge in [0.05, 0.1) is 11.0 Å². The second kappa shape index (κ2) is 3.71. The van der Waals surface area contributed by atoms with Gasteiger partial charge in [0.25, 0.3) is 0 Å². The molecule has 0 aliphatic rings. The highest BCUT2D eigenvalue weighted by atomic mass is 79.9. The molecule has 0 fully saturated rings. The van der Waals surface area contributed by atoms with Gasteiger partial charge in [-0.2, -0.15) is 0 Å². The predicted molar refractivity (Wildman–Crippen MR) is 59.2 cm³/mol. The highest BCUT2D eigenvalue weighted by molar-refractivity contribution is 9.10. The molecule has 0 saturated heterocycles. The number of rotatable bonds is 2. The fraction of sp³-hybridized carbons (Fsp3) is 0.300. The van der Waals surface area contributed by atoms with E-state index in [2.05, 4.69) is 38.9 Å². The molecule has 1 N–H and O–H groups in total. The van der Waals surface area contributed by atoms with Crippen LogP contribution in [0.4, 0.5) is 0 Å². The Bertz CT molecular complexity index is 425. The standard InChI is InChI=1S/C10H11BrN2O/c1-6-3-8-9(4-7(6)11)13-10(12-8)5-14-2/h3-4H,5H2,1-2H3,(H,12,13). The normalized spacial score (nSPS) is 11.1. The number of benzene rings is 1. The molecule has 2 rings (SSSR count). The molecule has 0 atom stereocenters. The second-order valence-electron chi connectivity index (χ2n) is 3.24. The third-order valence-corrected chi connectivity index (χ3v) is 2.95. The first-order valence-corrected chi connectivity index (χ1v) is 5.13. The summed E-state index contributed by atoms with van der Waals surface area (Å²) in [5, 5.41) is 0. The number of ether oxygens (including phenoxy) is 1. The highest BCUT2D eigenvalue weighted by Gasteiger charge is 2.04. The predicted octanol–water partition coefficient (Wildman–Crippen LogP) is 2.78. The number of nitrogens with zero attached hydrogens (tertiary/aromatic N) is 1. The number of methoxy groups -OCH3 is 1. The van der Waals surface area contributed by atoms with E-state index >= 15 is 0 Å². The van der Waals surface area contributed by atoms with Crippen LogP contribution < -0.4 is 0 Å². The maximum atomic E-state index is 5.01. The molecule has 0 aliphatic carbocycles. The maximum Gasteiger partial charge on any atom is 0.133 e. The second-order valence-corrected chi connectivity index (χ2v) is 4.09. The van der Waals surface area contributed by atoms with Gasteiger partial charge in [-0.3, -0.25) is 0 Å². The van der Waals surface area contributed by atoms with E-state index in [9.17, 15) is 0 Å². The van der Waals surface area contributed by atoms with Crippen LogP contribution >= 0.6 is 15.9 Å². The number of halogens is 1. The first kappa shape index (κ1) is 9.68. The third-order valence-electron chi connectivity index (χ3n) is 2.09. The number of aryl methyl sites for hydroxylation is 1. The van der Waals surface area contributed by atoms with Gasteiger partial charge in [0.1, 0.15) is 12.4 Å². The summed E-state index contributed by atoms with van der Waals surface area (Å²) >= 11 is 3.48. The first-order valence-electron chi connectivity index (χ1n) is 4.34. The van der Waals surface area contributed by atoms with Crippen molar-refractivity contribution in [1.29, 1.82) is 0 Å². The first-order chi connectivity index (χ1) is 6.70. The molecule has 74 valence electrons. The van der Waals surface area contributed by atoms with Crippen LogP contribution in [0, 0.1) is 6.92 Å². The summed E-state index contributed by atoms with van der Waals surface area (Å²) in [7, 11) is 1.66. The van der Waals surface area contributed by atoms with Crippen molar-refractivity contribution >= 4 is 27.0 Å². The lowest BCUT2D eigenvalue weighted by Gasteiger charge is -1.95. The maximum absolute atomic E-state index is 5.01. The van der Waals surface area contributed by atoms with Crippen molar-refractivity contribution in [2.24, 2.45) is 0 Å². The van der Waals surface area contributed by atoms with Gasteiger partial charge in [-0.15, -0.1) is 0 Å². The molecule has 1 aromatic heterocycles. The van der Waals surface area contributed by atoms with Gasteiger partial charge in [-0.25, -0.2) is 4.98 Å². The number of aromatic amines is 1. The number of H-pyrrole nitrogens is 1. The lowest BCUT2D eigenvalue weighted by atomic mass is 10.2. The number of hydrogen-bond acceptors (Lipinski definition) is 2. The van der Waals surface area contributed by atoms with Gasteiger partial charge in [0.2, 0.25) is 0 Å². The van der Waals surface area contributed by atoms with Gasteiger partial charge >= 0.3 is 0 Å². The average molecular weight is 255 g/mol. The number of aromatic nitrogens is 2. The molecule has 0 amide bonds. The zero-order chi connectivity index (χ0) is 10.1. The van der Waals surface area contributed by atoms with Crippen LogP contribution in [0.3, 0.4) is 0 Å². The van der Waals surface area contributed by atoms with Gasteiger partial charge in [-0.1, -0.05) is 15.9 Å². The van der Waals surface area contributed by atoms with E-state index < -0.39 is 0 Å². The fourth-order valence-electron chi connectivity index (χ4n) is 1.40. The van der Waals surface area contributed by atoms with Crippen molar-refractivity contribution < 1.29 is 4.74 Å². The minimum absolute atomic E-state index is 0.519. The van der Waals surface area contributed by atoms with E-state index in [-0.39, 0.29) is 0 Å². The van der Waals surface area contributed by atoms with E-state index in [1.54, 1.807) is 7.11 Å². The molecule has 2 aromatic rings. The Hall–Kier alpha value is -0.870. The number of imidazole rings is 1. The Morgan fingerprint density at radius 2 is 2.29 bits per heavy atom. The molecule has 14 heavy (non-hydrogen) atoms. The molecule has 1 heterocycles. The van der Waals surface area contributed by atoms with Crippen molar-refractivity contribution in [2.75, 3.05) is 7.11 Å². The third kappa shape index (κ3) is 1.67. The summed E-state index contributed by atoms with van der Waals surface area (Å²) < 4.78 is 6.10. The largest absolute Gasteiger partial charge is 0.377 e. The zero-order valence-electron chi connectivity index (χ0n) is 8.10. The van der Waals surface area contributed by atoms with Crippen LogP contribution in [0.15, 0.2) is 16.6 Å². The summed E-state index contributed by atoms with van der Waals surface area (Å²) in [5.41, 5.74) is 3.22. The minimum Gasteiger partial charge on any atom is -0.377 e. The van der Waals surface area contributed by atoms with Crippen molar-refractivity contribution in [3.8, 4) is 0 Å². The van der Waals surface area contributed by atoms with Gasteiger partial charge in [-0.05, 0) is 24.6 Å². The van der Waals surface area contributed by atoms with Crippen LogP contribution in [0.1, 0.15) is 11.4 Å². The molecular weight excluding hydrogens is 244 g/mol. The molecule has 0 spiro atoms. The van der Waals surface area contributed by atoms with Crippen molar-refractivity contribution in [1.82, 2.24) is 9.97 Å². The van der Waals surface area contributed by atoms with E-state index in [1.165, 1.54) is 5.56 Å². The van der Waals surface area contributed by atoms with Crippen molar-refractivity contribution in [2.45, 2.75) is 13.5 Å². The van der Waals surface area contributed by atoms with E-state index in [1.807, 2.05) is 6.07 Å². The molecule has 1 aromatic carbocycles. The van der Waals surface area contributed by atoms with Crippen LogP contribution in [0.5, 0.6) is 0 Å². The smallest absolute Gasteiger partial charge is 0.133 e. The highest BCUT2D eigenvalue weighted by Crippen LogP contribution is 2.22. The van der Waals surface area contributed by atoms with E-state index in [0.717, 1.165) is 21.3 Å². The van der Waals surface area contributed by atoms with Gasteiger partial charge in [0.15, 0.2) is 0 Å². The molecule has 0 unspecified atom stereocenters. The van der Waals surface area contributed by atoms with Crippen LogP contribution in [0.2, 0.25) is 0 Å². The average Bonchev–Trinajstić information content (AvgIpc) is 2.48. The Kier molecular flexibility index (Phi) is 2.56. The molecule has 3 nitrogen and oxygen atoms in total. The fourth-order valence-corrected chi connectivity index (χ4v) is 1.73. The summed E-state index contributed by atoms with van der Waals surface area (Å²) in [6.07, 6.45) is 0. The molecule has 0 radical (unpaired) electrons. The Morgan fingerprint density at radius 1 is 1.50 bits per heavy atom. The number of hydrogen-bond donors (Lipinski definition) is 1. The molecule has 4 heteroatoms. The summed E-state index contributed by atoms with van der Waals surface area (Å²) in [6, 6.07) is 4.09. The Balaban J connectivity index is 2.54. The zero-order valence-corrected chi connectivity index (χ0v) is 9.68. The number of fused-ring (bicyclic) bond motifs is 1. The van der Waals surface area contributed by atoms with Crippen LogP contribution in [-0.4, -0.2) is 17.1 Å². The summed E-state index contributed by atoms with van der Waals surface area (Å²) in [6.45, 7) is 2.58. The van der Waals surface area contributed by atoms with Crippen LogP contribution in [-0.2, 0) is 11.3 Å². The number of nitrogens with one attached hydrogen (secondary N) is 1. The molecular formula is C10H11BrN2O. The van der Waals surface area contributed by atoms with Gasteiger partial charge < -0.3 is 9.72 Å². The lowest BCUT2D eigenvalue weighted by Crippen LogP contribution is -1.88. The summed E-state index contributed by atoms with van der Waals surface area (Å²) in [4.78, 5) is 7.60. The molecule has 0 saturated carbocycles. The van der Waals surface area contributed by atoms with E-state index in [4.69, 9.17) is 4.74 Å². The SMILES string of the molecule is COCc1nc2cc(Br)c(C)cc2[nH]1. The van der Waals surface area contributed by atoms with Crippen LogP contribution in [0.25, 0.3) is 11.0 Å². The quantitative estimate of drug-likeness (QED) is 0.895. The molecule has 0 aliphatic heterocycles.